The third kappa shape index (κ3) is 5.29. The van der Waals surface area contributed by atoms with Crippen molar-refractivity contribution in [2.75, 3.05) is 49.5 Å². The van der Waals surface area contributed by atoms with Crippen LogP contribution in [-0.2, 0) is 10.0 Å². The number of pyridine rings is 1. The van der Waals surface area contributed by atoms with Crippen LogP contribution in [0.15, 0.2) is 83.9 Å². The van der Waals surface area contributed by atoms with E-state index < -0.39 is 10.0 Å². The molecule has 1 aliphatic carbocycles. The van der Waals surface area contributed by atoms with Crippen LogP contribution < -0.4 is 13.9 Å². The maximum atomic E-state index is 13.5. The van der Waals surface area contributed by atoms with Crippen LogP contribution in [0.3, 0.4) is 0 Å². The number of nitrogens with zero attached hydrogens (tertiary/aromatic N) is 4. The maximum absolute atomic E-state index is 13.5. The highest BCUT2D eigenvalue weighted by molar-refractivity contribution is 7.93. The van der Waals surface area contributed by atoms with Crippen molar-refractivity contribution < 1.29 is 17.9 Å². The molecule has 0 radical (unpaired) electrons. The molecule has 4 aromatic rings. The number of hydrogen-bond donors (Lipinski definition) is 0. The average Bonchev–Trinajstić information content (AvgIpc) is 3.59. The second kappa shape index (κ2) is 11.6. The van der Waals surface area contributed by atoms with Gasteiger partial charge in [-0.1, -0.05) is 37.1 Å². The number of ether oxygens (including phenoxy) is 1. The molecular formula is C33H36N4O4S. The molecule has 1 saturated carbocycles. The molecule has 1 aromatic heterocycles. The number of anilines is 2. The molecule has 9 heteroatoms. The minimum atomic E-state index is -3.86. The molecule has 3 aromatic carbocycles. The van der Waals surface area contributed by atoms with Crippen molar-refractivity contribution in [1.29, 1.82) is 0 Å². The number of sulfonamides is 1. The Balaban J connectivity index is 1.12. The highest BCUT2D eigenvalue weighted by Crippen LogP contribution is 2.39. The Labute approximate surface area is 247 Å². The lowest BCUT2D eigenvalue weighted by molar-refractivity contribution is 0.0746. The standard InChI is InChI=1S/C33H36N4O4S/c1-35(42(39,40)31-11-5-9-25-10-6-18-34-32(25)31)28-15-12-26(13-16-28)33(38)37-21-19-36(20-22-37)29-17-14-27(23-30(29)41-2)24-7-3-4-8-24/h5-6,9-18,23-24H,3-4,7-8,19-22H2,1-2H3. The molecule has 1 amide bonds. The van der Waals surface area contributed by atoms with E-state index in [4.69, 9.17) is 4.74 Å². The van der Waals surface area contributed by atoms with Gasteiger partial charge in [0.05, 0.1) is 24.0 Å². The minimum absolute atomic E-state index is 0.0616. The zero-order chi connectivity index (χ0) is 29.3. The molecule has 0 bridgehead atoms. The quantitative estimate of drug-likeness (QED) is 0.278. The molecule has 0 atom stereocenters. The summed E-state index contributed by atoms with van der Waals surface area (Å²) in [5.74, 6) is 1.46. The Morgan fingerprint density at radius 3 is 2.36 bits per heavy atom. The molecule has 8 nitrogen and oxygen atoms in total. The number of hydrogen-bond acceptors (Lipinski definition) is 6. The SMILES string of the molecule is COc1cc(C2CCCC2)ccc1N1CCN(C(=O)c2ccc(N(C)S(=O)(=O)c3cccc4cccnc34)cc2)CC1. The summed E-state index contributed by atoms with van der Waals surface area (Å²) >= 11 is 0. The number of para-hydroxylation sites is 1. The number of aromatic nitrogens is 1. The van der Waals surface area contributed by atoms with Crippen LogP contribution in [0.1, 0.15) is 47.5 Å². The van der Waals surface area contributed by atoms with E-state index in [1.54, 1.807) is 55.8 Å². The number of piperazine rings is 1. The van der Waals surface area contributed by atoms with Crippen molar-refractivity contribution in [2.24, 2.45) is 0 Å². The van der Waals surface area contributed by atoms with Crippen LogP contribution in [0.5, 0.6) is 5.75 Å². The van der Waals surface area contributed by atoms with E-state index >= 15 is 0 Å². The number of fused-ring (bicyclic) bond motifs is 1. The van der Waals surface area contributed by atoms with E-state index in [1.165, 1.54) is 42.6 Å². The molecule has 1 aliphatic heterocycles. The summed E-state index contributed by atoms with van der Waals surface area (Å²) in [5.41, 5.74) is 3.86. The average molecular weight is 585 g/mol. The van der Waals surface area contributed by atoms with Gasteiger partial charge in [-0.15, -0.1) is 0 Å². The van der Waals surface area contributed by atoms with E-state index in [9.17, 15) is 13.2 Å². The van der Waals surface area contributed by atoms with E-state index in [0.29, 0.717) is 48.9 Å². The van der Waals surface area contributed by atoms with Gasteiger partial charge in [0, 0.05) is 50.4 Å². The molecule has 2 heterocycles. The third-order valence-corrected chi connectivity index (χ3v) is 10.5. The van der Waals surface area contributed by atoms with Gasteiger partial charge in [-0.05, 0) is 72.9 Å². The molecule has 6 rings (SSSR count). The highest BCUT2D eigenvalue weighted by Gasteiger charge is 2.27. The van der Waals surface area contributed by atoms with Crippen LogP contribution in [0.25, 0.3) is 10.9 Å². The van der Waals surface area contributed by atoms with Gasteiger partial charge in [0.2, 0.25) is 0 Å². The smallest absolute Gasteiger partial charge is 0.266 e. The first-order valence-corrected chi connectivity index (χ1v) is 16.0. The number of methoxy groups -OCH3 is 1. The normalized spacial score (nSPS) is 16.1. The molecule has 0 spiro atoms. The Bertz CT molecular complexity index is 1690. The molecular weight excluding hydrogens is 548 g/mol. The van der Waals surface area contributed by atoms with Crippen molar-refractivity contribution in [1.82, 2.24) is 9.88 Å². The second-order valence-corrected chi connectivity index (χ2v) is 13.0. The van der Waals surface area contributed by atoms with Crippen LogP contribution in [0.2, 0.25) is 0 Å². The summed E-state index contributed by atoms with van der Waals surface area (Å²) in [5, 5.41) is 0.757. The van der Waals surface area contributed by atoms with Crippen molar-refractivity contribution >= 4 is 38.2 Å². The van der Waals surface area contributed by atoms with Gasteiger partial charge in [-0.2, -0.15) is 0 Å². The van der Waals surface area contributed by atoms with Gasteiger partial charge in [-0.3, -0.25) is 14.1 Å². The number of carbonyl (C=O) groups excluding carboxylic acids is 1. The van der Waals surface area contributed by atoms with E-state index in [2.05, 4.69) is 28.1 Å². The zero-order valence-corrected chi connectivity index (χ0v) is 24.9. The molecule has 2 aliphatic rings. The zero-order valence-electron chi connectivity index (χ0n) is 24.1. The van der Waals surface area contributed by atoms with E-state index in [1.807, 2.05) is 17.0 Å². The van der Waals surface area contributed by atoms with Crippen molar-refractivity contribution in [2.45, 2.75) is 36.5 Å². The fraction of sp³-hybridized carbons (Fsp3) is 0.333. The van der Waals surface area contributed by atoms with Gasteiger partial charge < -0.3 is 14.5 Å². The predicted molar refractivity (Wildman–Crippen MR) is 166 cm³/mol. The number of benzene rings is 3. The summed E-state index contributed by atoms with van der Waals surface area (Å²) < 4.78 is 34.0. The Hall–Kier alpha value is -4.11. The molecule has 218 valence electrons. The molecule has 1 saturated heterocycles. The molecule has 2 fully saturated rings. The van der Waals surface area contributed by atoms with E-state index in [0.717, 1.165) is 16.8 Å². The molecule has 0 unspecified atom stereocenters. The van der Waals surface area contributed by atoms with Crippen LogP contribution >= 0.6 is 0 Å². The number of amides is 1. The minimum Gasteiger partial charge on any atom is -0.495 e. The fourth-order valence-electron chi connectivity index (χ4n) is 6.19. The highest BCUT2D eigenvalue weighted by atomic mass is 32.2. The first kappa shape index (κ1) is 28.0. The van der Waals surface area contributed by atoms with Gasteiger partial charge in [0.25, 0.3) is 15.9 Å². The summed E-state index contributed by atoms with van der Waals surface area (Å²) in [6, 6.07) is 22.1. The van der Waals surface area contributed by atoms with E-state index in [-0.39, 0.29) is 10.8 Å². The van der Waals surface area contributed by atoms with Crippen LogP contribution in [0.4, 0.5) is 11.4 Å². The summed E-state index contributed by atoms with van der Waals surface area (Å²) in [4.78, 5) is 21.9. The topological polar surface area (TPSA) is 83.0 Å². The summed E-state index contributed by atoms with van der Waals surface area (Å²) in [6.45, 7) is 2.61. The largest absolute Gasteiger partial charge is 0.495 e. The second-order valence-electron chi connectivity index (χ2n) is 11.0. The number of carbonyl (C=O) groups is 1. The molecule has 42 heavy (non-hydrogen) atoms. The Morgan fingerprint density at radius 1 is 0.929 bits per heavy atom. The van der Waals surface area contributed by atoms with Gasteiger partial charge in [0.1, 0.15) is 10.6 Å². The lowest BCUT2D eigenvalue weighted by Gasteiger charge is -2.37. The lowest BCUT2D eigenvalue weighted by Crippen LogP contribution is -2.48. The van der Waals surface area contributed by atoms with Crippen molar-refractivity contribution in [3.05, 3.63) is 90.1 Å². The monoisotopic (exact) mass is 584 g/mol. The third-order valence-electron chi connectivity index (χ3n) is 8.65. The van der Waals surface area contributed by atoms with Gasteiger partial charge in [-0.25, -0.2) is 8.42 Å². The number of rotatable bonds is 7. The first-order valence-electron chi connectivity index (χ1n) is 14.5. The lowest BCUT2D eigenvalue weighted by atomic mass is 9.97. The van der Waals surface area contributed by atoms with Crippen LogP contribution in [-0.4, -0.2) is 64.5 Å². The summed E-state index contributed by atoms with van der Waals surface area (Å²) in [7, 11) is -0.618. The fourth-order valence-corrected chi connectivity index (χ4v) is 7.55. The van der Waals surface area contributed by atoms with Crippen LogP contribution in [0, 0.1) is 0 Å². The Kier molecular flexibility index (Phi) is 7.77. The maximum Gasteiger partial charge on any atom is 0.266 e. The molecule has 0 N–H and O–H groups in total. The van der Waals surface area contributed by atoms with Gasteiger partial charge in [0.15, 0.2) is 0 Å². The van der Waals surface area contributed by atoms with Gasteiger partial charge >= 0.3 is 0 Å². The van der Waals surface area contributed by atoms with Crippen molar-refractivity contribution in [3.63, 3.8) is 0 Å². The van der Waals surface area contributed by atoms with Crippen molar-refractivity contribution in [3.8, 4) is 5.75 Å². The Morgan fingerprint density at radius 2 is 1.64 bits per heavy atom. The summed E-state index contributed by atoms with van der Waals surface area (Å²) in [6.07, 6.45) is 6.68. The predicted octanol–water partition coefficient (Wildman–Crippen LogP) is 5.69. The first-order chi connectivity index (χ1) is 20.4.